The summed E-state index contributed by atoms with van der Waals surface area (Å²) in [5, 5.41) is 6.37. The molecule has 1 aromatic carbocycles. The molecule has 1 fully saturated rings. The van der Waals surface area contributed by atoms with E-state index in [2.05, 4.69) is 10.6 Å². The van der Waals surface area contributed by atoms with Crippen LogP contribution in [0.1, 0.15) is 38.5 Å². The number of rotatable bonds is 6. The number of nitrogens with one attached hydrogen (secondary N) is 2. The van der Waals surface area contributed by atoms with Gasteiger partial charge in [0.15, 0.2) is 0 Å². The fourth-order valence-corrected chi connectivity index (χ4v) is 2.65. The minimum Gasteiger partial charge on any atom is -0.495 e. The minimum absolute atomic E-state index is 0.138. The van der Waals surface area contributed by atoms with Crippen LogP contribution in [0, 0.1) is 0 Å². The minimum atomic E-state index is 0.138. The van der Waals surface area contributed by atoms with Gasteiger partial charge in [0.25, 0.3) is 0 Å². The number of benzene rings is 1. The maximum Gasteiger partial charge on any atom is 0.221 e. The second-order valence-electron chi connectivity index (χ2n) is 5.28. The van der Waals surface area contributed by atoms with Gasteiger partial charge in [0.1, 0.15) is 5.75 Å². The van der Waals surface area contributed by atoms with Gasteiger partial charge >= 0.3 is 0 Å². The van der Waals surface area contributed by atoms with Crippen molar-refractivity contribution >= 4 is 11.6 Å². The molecule has 0 heterocycles. The van der Waals surface area contributed by atoms with Gasteiger partial charge in [0.2, 0.25) is 5.91 Å². The van der Waals surface area contributed by atoms with Crippen molar-refractivity contribution in [3.63, 3.8) is 0 Å². The Labute approximate surface area is 120 Å². The zero-order valence-corrected chi connectivity index (χ0v) is 12.2. The Morgan fingerprint density at radius 1 is 1.25 bits per heavy atom. The van der Waals surface area contributed by atoms with E-state index < -0.39 is 0 Å². The van der Waals surface area contributed by atoms with Crippen molar-refractivity contribution in [3.8, 4) is 5.75 Å². The van der Waals surface area contributed by atoms with Crippen LogP contribution in [0.25, 0.3) is 0 Å². The van der Waals surface area contributed by atoms with Gasteiger partial charge in [0, 0.05) is 19.0 Å². The smallest absolute Gasteiger partial charge is 0.221 e. The molecule has 1 saturated carbocycles. The van der Waals surface area contributed by atoms with Gasteiger partial charge in [0.05, 0.1) is 12.8 Å². The highest BCUT2D eigenvalue weighted by atomic mass is 16.5. The van der Waals surface area contributed by atoms with E-state index in [1.807, 2.05) is 24.3 Å². The van der Waals surface area contributed by atoms with E-state index >= 15 is 0 Å². The summed E-state index contributed by atoms with van der Waals surface area (Å²) in [7, 11) is 1.65. The number of hydrogen-bond donors (Lipinski definition) is 2. The maximum atomic E-state index is 11.9. The number of carbonyl (C=O) groups is 1. The molecule has 0 radical (unpaired) electrons. The molecule has 4 heteroatoms. The molecule has 110 valence electrons. The van der Waals surface area contributed by atoms with E-state index in [0.29, 0.717) is 19.0 Å². The highest BCUT2D eigenvalue weighted by Gasteiger charge is 2.15. The number of anilines is 1. The molecule has 1 aromatic rings. The topological polar surface area (TPSA) is 50.4 Å². The lowest BCUT2D eigenvalue weighted by Crippen LogP contribution is -2.36. The molecule has 0 atom stereocenters. The first kappa shape index (κ1) is 14.7. The zero-order valence-electron chi connectivity index (χ0n) is 12.2. The molecule has 0 aromatic heterocycles. The van der Waals surface area contributed by atoms with Crippen molar-refractivity contribution in [3.05, 3.63) is 24.3 Å². The summed E-state index contributed by atoms with van der Waals surface area (Å²) in [6.45, 7) is 0.624. The van der Waals surface area contributed by atoms with Crippen LogP contribution in [0.3, 0.4) is 0 Å². The SMILES string of the molecule is COc1ccccc1NCCC(=O)NC1CCCCC1. The van der Waals surface area contributed by atoms with Gasteiger partial charge in [-0.05, 0) is 25.0 Å². The molecule has 0 unspecified atom stereocenters. The van der Waals surface area contributed by atoms with Gasteiger partial charge in [-0.1, -0.05) is 31.4 Å². The molecule has 0 spiro atoms. The third kappa shape index (κ3) is 4.44. The van der Waals surface area contributed by atoms with Gasteiger partial charge < -0.3 is 15.4 Å². The van der Waals surface area contributed by atoms with Crippen LogP contribution in [0.4, 0.5) is 5.69 Å². The van der Waals surface area contributed by atoms with Gasteiger partial charge in [-0.2, -0.15) is 0 Å². The fourth-order valence-electron chi connectivity index (χ4n) is 2.65. The molecule has 0 aliphatic heterocycles. The largest absolute Gasteiger partial charge is 0.495 e. The van der Waals surface area contributed by atoms with Crippen LogP contribution in [0.5, 0.6) is 5.75 Å². The lowest BCUT2D eigenvalue weighted by Gasteiger charge is -2.22. The standard InChI is InChI=1S/C16H24N2O2/c1-20-15-10-6-5-9-14(15)17-12-11-16(19)18-13-7-3-2-4-8-13/h5-6,9-10,13,17H,2-4,7-8,11-12H2,1H3,(H,18,19). The Balaban J connectivity index is 1.70. The summed E-state index contributed by atoms with van der Waals surface area (Å²) < 4.78 is 5.26. The highest BCUT2D eigenvalue weighted by molar-refractivity contribution is 5.77. The van der Waals surface area contributed by atoms with E-state index in [9.17, 15) is 4.79 Å². The van der Waals surface area contributed by atoms with Crippen LogP contribution in [0.2, 0.25) is 0 Å². The molecule has 2 rings (SSSR count). The van der Waals surface area contributed by atoms with Gasteiger partial charge in [-0.3, -0.25) is 4.79 Å². The Morgan fingerprint density at radius 2 is 2.00 bits per heavy atom. The molecule has 20 heavy (non-hydrogen) atoms. The highest BCUT2D eigenvalue weighted by Crippen LogP contribution is 2.22. The maximum absolute atomic E-state index is 11.9. The van der Waals surface area contributed by atoms with Crippen molar-refractivity contribution in [2.75, 3.05) is 19.0 Å². The average Bonchev–Trinajstić information content (AvgIpc) is 2.49. The third-order valence-electron chi connectivity index (χ3n) is 3.74. The summed E-state index contributed by atoms with van der Waals surface area (Å²) in [5.74, 6) is 0.944. The molecule has 0 saturated heterocycles. The van der Waals surface area contributed by atoms with Crippen molar-refractivity contribution in [1.29, 1.82) is 0 Å². The second-order valence-corrected chi connectivity index (χ2v) is 5.28. The summed E-state index contributed by atoms with van der Waals surface area (Å²) in [6, 6.07) is 8.14. The predicted octanol–water partition coefficient (Wildman–Crippen LogP) is 2.95. The quantitative estimate of drug-likeness (QED) is 0.840. The Kier molecular flexibility index (Phi) is 5.71. The number of amides is 1. The Bertz CT molecular complexity index is 428. The van der Waals surface area contributed by atoms with Crippen molar-refractivity contribution in [2.24, 2.45) is 0 Å². The molecule has 0 bridgehead atoms. The Hall–Kier alpha value is -1.71. The first-order valence-electron chi connectivity index (χ1n) is 7.46. The van der Waals surface area contributed by atoms with E-state index in [-0.39, 0.29) is 5.91 Å². The fraction of sp³-hybridized carbons (Fsp3) is 0.562. The molecular formula is C16H24N2O2. The number of carbonyl (C=O) groups excluding carboxylic acids is 1. The predicted molar refractivity (Wildman–Crippen MR) is 81.1 cm³/mol. The average molecular weight is 276 g/mol. The molecule has 4 nitrogen and oxygen atoms in total. The van der Waals surface area contributed by atoms with Gasteiger partial charge in [-0.25, -0.2) is 0 Å². The number of hydrogen-bond acceptors (Lipinski definition) is 3. The van der Waals surface area contributed by atoms with E-state index in [0.717, 1.165) is 24.3 Å². The van der Waals surface area contributed by atoms with Crippen LogP contribution >= 0.6 is 0 Å². The zero-order chi connectivity index (χ0) is 14.2. The summed E-state index contributed by atoms with van der Waals surface area (Å²) in [6.07, 6.45) is 6.54. The van der Waals surface area contributed by atoms with Crippen LogP contribution < -0.4 is 15.4 Å². The second kappa shape index (κ2) is 7.78. The van der Waals surface area contributed by atoms with Crippen LogP contribution in [-0.2, 0) is 4.79 Å². The monoisotopic (exact) mass is 276 g/mol. The third-order valence-corrected chi connectivity index (χ3v) is 3.74. The van der Waals surface area contributed by atoms with E-state index in [1.54, 1.807) is 7.11 Å². The van der Waals surface area contributed by atoms with E-state index in [1.165, 1.54) is 19.3 Å². The van der Waals surface area contributed by atoms with Crippen LogP contribution in [0.15, 0.2) is 24.3 Å². The lowest BCUT2D eigenvalue weighted by atomic mass is 9.95. The van der Waals surface area contributed by atoms with Crippen molar-refractivity contribution in [1.82, 2.24) is 5.32 Å². The lowest BCUT2D eigenvalue weighted by molar-refractivity contribution is -0.121. The summed E-state index contributed by atoms with van der Waals surface area (Å²) in [4.78, 5) is 11.9. The first-order valence-corrected chi connectivity index (χ1v) is 7.46. The number of methoxy groups -OCH3 is 1. The molecule has 2 N–H and O–H groups in total. The van der Waals surface area contributed by atoms with Gasteiger partial charge in [-0.15, -0.1) is 0 Å². The number of para-hydroxylation sites is 2. The van der Waals surface area contributed by atoms with Crippen molar-refractivity contribution < 1.29 is 9.53 Å². The number of ether oxygens (including phenoxy) is 1. The molecule has 1 aliphatic carbocycles. The van der Waals surface area contributed by atoms with E-state index in [4.69, 9.17) is 4.74 Å². The molecule has 1 aliphatic rings. The Morgan fingerprint density at radius 3 is 2.75 bits per heavy atom. The normalized spacial score (nSPS) is 15.7. The summed E-state index contributed by atoms with van der Waals surface area (Å²) >= 11 is 0. The first-order chi connectivity index (χ1) is 9.79. The molecular weight excluding hydrogens is 252 g/mol. The summed E-state index contributed by atoms with van der Waals surface area (Å²) in [5.41, 5.74) is 0.931. The van der Waals surface area contributed by atoms with Crippen molar-refractivity contribution in [2.45, 2.75) is 44.6 Å². The van der Waals surface area contributed by atoms with Crippen LogP contribution in [-0.4, -0.2) is 25.6 Å². The molecule has 1 amide bonds.